The van der Waals surface area contributed by atoms with Crippen LogP contribution in [0, 0.1) is 5.41 Å². The number of hydrogen-bond acceptors (Lipinski definition) is 4. The van der Waals surface area contributed by atoms with Crippen LogP contribution in [0.4, 0.5) is 13.2 Å². The number of carbonyl (C=O) groups excluding carboxylic acids is 2. The summed E-state index contributed by atoms with van der Waals surface area (Å²) in [7, 11) is 0. The van der Waals surface area contributed by atoms with E-state index in [9.17, 15) is 22.8 Å². The highest BCUT2D eigenvalue weighted by atomic mass is 19.4. The van der Waals surface area contributed by atoms with Gasteiger partial charge in [0.15, 0.2) is 11.5 Å². The maximum Gasteiger partial charge on any atom is 0.425 e. The van der Waals surface area contributed by atoms with Gasteiger partial charge >= 0.3 is 18.1 Å². The summed E-state index contributed by atoms with van der Waals surface area (Å²) in [5.41, 5.74) is -1.67. The van der Waals surface area contributed by atoms with E-state index < -0.39 is 29.6 Å². The van der Waals surface area contributed by atoms with Crippen LogP contribution in [0.1, 0.15) is 59.8 Å². The van der Waals surface area contributed by atoms with Crippen LogP contribution in [0.2, 0.25) is 0 Å². The number of halogens is 3. The SMILES string of the molecule is CCCCCOC(=O)C(CC)(CC)C(=O)OC(C)C(F)(F)F. The van der Waals surface area contributed by atoms with E-state index in [1.54, 1.807) is 13.8 Å². The van der Waals surface area contributed by atoms with Crippen molar-refractivity contribution >= 4 is 11.9 Å². The molecule has 1 atom stereocenters. The molecule has 0 spiro atoms. The van der Waals surface area contributed by atoms with Crippen molar-refractivity contribution < 1.29 is 32.2 Å². The van der Waals surface area contributed by atoms with Crippen molar-refractivity contribution in [3.63, 3.8) is 0 Å². The van der Waals surface area contributed by atoms with E-state index in [0.717, 1.165) is 19.8 Å². The standard InChI is InChI=1S/C15H25F3O4/c1-5-8-9-10-21-12(19)14(6-2,7-3)13(20)22-11(4)15(16,17)18/h11H,5-10H2,1-4H3. The highest BCUT2D eigenvalue weighted by molar-refractivity contribution is 6.00. The Bertz CT molecular complexity index is 362. The second-order valence-electron chi connectivity index (χ2n) is 5.22. The van der Waals surface area contributed by atoms with Gasteiger partial charge in [0.2, 0.25) is 0 Å². The highest BCUT2D eigenvalue weighted by Gasteiger charge is 2.49. The zero-order chi connectivity index (χ0) is 17.4. The van der Waals surface area contributed by atoms with Gasteiger partial charge in [-0.2, -0.15) is 13.2 Å². The topological polar surface area (TPSA) is 52.6 Å². The summed E-state index contributed by atoms with van der Waals surface area (Å²) < 4.78 is 47.0. The smallest absolute Gasteiger partial charge is 0.425 e. The zero-order valence-electron chi connectivity index (χ0n) is 13.6. The molecule has 0 heterocycles. The molecule has 7 heteroatoms. The summed E-state index contributed by atoms with van der Waals surface area (Å²) >= 11 is 0. The molecular weight excluding hydrogens is 301 g/mol. The molecule has 4 nitrogen and oxygen atoms in total. The van der Waals surface area contributed by atoms with Crippen LogP contribution in [0.5, 0.6) is 0 Å². The average Bonchev–Trinajstić information content (AvgIpc) is 2.44. The predicted octanol–water partition coefficient (Wildman–Crippen LogP) is 4.02. The highest BCUT2D eigenvalue weighted by Crippen LogP contribution is 2.33. The van der Waals surface area contributed by atoms with Crippen molar-refractivity contribution in [1.29, 1.82) is 0 Å². The van der Waals surface area contributed by atoms with E-state index in [0.29, 0.717) is 6.42 Å². The van der Waals surface area contributed by atoms with Gasteiger partial charge in [-0.25, -0.2) is 0 Å². The molecule has 0 aromatic heterocycles. The molecule has 0 aromatic carbocycles. The van der Waals surface area contributed by atoms with Crippen LogP contribution < -0.4 is 0 Å². The average molecular weight is 326 g/mol. The van der Waals surface area contributed by atoms with Crippen LogP contribution in [0.3, 0.4) is 0 Å². The van der Waals surface area contributed by atoms with Gasteiger partial charge in [-0.05, 0) is 26.2 Å². The van der Waals surface area contributed by atoms with Gasteiger partial charge < -0.3 is 9.47 Å². The monoisotopic (exact) mass is 326 g/mol. The lowest BCUT2D eigenvalue weighted by Crippen LogP contribution is -2.44. The van der Waals surface area contributed by atoms with Gasteiger partial charge in [0.25, 0.3) is 0 Å². The number of hydrogen-bond donors (Lipinski definition) is 0. The third kappa shape index (κ3) is 5.50. The predicted molar refractivity (Wildman–Crippen MR) is 75.1 cm³/mol. The quantitative estimate of drug-likeness (QED) is 0.365. The lowest BCUT2D eigenvalue weighted by Gasteiger charge is -2.29. The zero-order valence-corrected chi connectivity index (χ0v) is 13.6. The summed E-state index contributed by atoms with van der Waals surface area (Å²) in [6, 6.07) is 0. The van der Waals surface area contributed by atoms with E-state index in [1.807, 2.05) is 6.92 Å². The second kappa shape index (κ2) is 9.00. The van der Waals surface area contributed by atoms with Gasteiger partial charge in [-0.3, -0.25) is 9.59 Å². The third-order valence-electron chi connectivity index (χ3n) is 3.71. The first-order chi connectivity index (χ1) is 10.2. The minimum Gasteiger partial charge on any atom is -0.465 e. The maximum atomic E-state index is 12.5. The van der Waals surface area contributed by atoms with Crippen molar-refractivity contribution in [2.75, 3.05) is 6.61 Å². The van der Waals surface area contributed by atoms with Crippen molar-refractivity contribution in [2.45, 2.75) is 72.1 Å². The lowest BCUT2D eigenvalue weighted by molar-refractivity contribution is -0.223. The second-order valence-corrected chi connectivity index (χ2v) is 5.22. The number of alkyl halides is 3. The van der Waals surface area contributed by atoms with Gasteiger partial charge in [-0.15, -0.1) is 0 Å². The number of esters is 2. The van der Waals surface area contributed by atoms with Crippen LogP contribution >= 0.6 is 0 Å². The van der Waals surface area contributed by atoms with Crippen molar-refractivity contribution in [2.24, 2.45) is 5.41 Å². The molecule has 0 aliphatic carbocycles. The number of rotatable bonds is 9. The molecule has 0 rings (SSSR count). The molecule has 0 N–H and O–H groups in total. The molecule has 0 amide bonds. The Balaban J connectivity index is 4.92. The van der Waals surface area contributed by atoms with Crippen LogP contribution in [-0.2, 0) is 19.1 Å². The maximum absolute atomic E-state index is 12.5. The van der Waals surface area contributed by atoms with E-state index in [4.69, 9.17) is 4.74 Å². The molecule has 22 heavy (non-hydrogen) atoms. The minimum atomic E-state index is -4.66. The first-order valence-corrected chi connectivity index (χ1v) is 7.60. The summed E-state index contributed by atoms with van der Waals surface area (Å²) in [5.74, 6) is -1.99. The van der Waals surface area contributed by atoms with Crippen molar-refractivity contribution in [1.82, 2.24) is 0 Å². The molecule has 0 saturated carbocycles. The summed E-state index contributed by atoms with van der Waals surface area (Å²) in [5, 5.41) is 0. The molecular formula is C15H25F3O4. The van der Waals surface area contributed by atoms with E-state index in [-0.39, 0.29) is 19.4 Å². The lowest BCUT2D eigenvalue weighted by atomic mass is 9.82. The first-order valence-electron chi connectivity index (χ1n) is 7.60. The molecule has 0 fully saturated rings. The third-order valence-corrected chi connectivity index (χ3v) is 3.71. The summed E-state index contributed by atoms with van der Waals surface area (Å²) in [6.45, 7) is 5.98. The largest absolute Gasteiger partial charge is 0.465 e. The van der Waals surface area contributed by atoms with Gasteiger partial charge in [0, 0.05) is 0 Å². The Labute approximate surface area is 129 Å². The van der Waals surface area contributed by atoms with E-state index in [1.165, 1.54) is 0 Å². The van der Waals surface area contributed by atoms with Crippen LogP contribution in [0.25, 0.3) is 0 Å². The fourth-order valence-corrected chi connectivity index (χ4v) is 1.91. The van der Waals surface area contributed by atoms with Gasteiger partial charge in [-0.1, -0.05) is 33.6 Å². The van der Waals surface area contributed by atoms with E-state index >= 15 is 0 Å². The Kier molecular flexibility index (Phi) is 8.48. The Morgan fingerprint density at radius 2 is 1.55 bits per heavy atom. The van der Waals surface area contributed by atoms with Crippen LogP contribution in [-0.4, -0.2) is 30.8 Å². The molecule has 0 radical (unpaired) electrons. The van der Waals surface area contributed by atoms with Crippen LogP contribution in [0.15, 0.2) is 0 Å². The Morgan fingerprint density at radius 3 is 1.95 bits per heavy atom. The molecule has 0 bridgehead atoms. The summed E-state index contributed by atoms with van der Waals surface area (Å²) in [6.07, 6.45) is -4.40. The molecule has 0 aliphatic heterocycles. The fraction of sp³-hybridized carbons (Fsp3) is 0.867. The molecule has 0 aliphatic rings. The van der Waals surface area contributed by atoms with Gasteiger partial charge in [0.05, 0.1) is 6.61 Å². The van der Waals surface area contributed by atoms with Gasteiger partial charge in [0.1, 0.15) is 0 Å². The molecule has 0 aromatic rings. The molecule has 1 unspecified atom stereocenters. The Morgan fingerprint density at radius 1 is 1.00 bits per heavy atom. The number of unbranched alkanes of at least 4 members (excludes halogenated alkanes) is 2. The van der Waals surface area contributed by atoms with Crippen molar-refractivity contribution in [3.8, 4) is 0 Å². The first kappa shape index (κ1) is 20.7. The normalized spacial score (nSPS) is 13.6. The summed E-state index contributed by atoms with van der Waals surface area (Å²) in [4.78, 5) is 24.3. The number of carbonyl (C=O) groups is 2. The van der Waals surface area contributed by atoms with Crippen molar-refractivity contribution in [3.05, 3.63) is 0 Å². The fourth-order valence-electron chi connectivity index (χ4n) is 1.91. The Hall–Kier alpha value is -1.27. The van der Waals surface area contributed by atoms with E-state index in [2.05, 4.69) is 4.74 Å². The molecule has 0 saturated heterocycles. The minimum absolute atomic E-state index is 0.0273. The molecule has 130 valence electrons. The number of ether oxygens (including phenoxy) is 2.